The molecule has 1 N–H and O–H groups in total. The summed E-state index contributed by atoms with van der Waals surface area (Å²) in [6, 6.07) is 0.175. The largest absolute Gasteiger partial charge is 0.378 e. The van der Waals surface area contributed by atoms with E-state index in [0.29, 0.717) is 19.6 Å². The molecule has 0 aromatic heterocycles. The van der Waals surface area contributed by atoms with Crippen LogP contribution in [0.15, 0.2) is 0 Å². The van der Waals surface area contributed by atoms with Gasteiger partial charge in [-0.05, 0) is 32.1 Å². The second kappa shape index (κ2) is 8.97. The van der Waals surface area contributed by atoms with E-state index in [9.17, 15) is 4.79 Å². The first kappa shape index (κ1) is 17.1. The van der Waals surface area contributed by atoms with Gasteiger partial charge >= 0.3 is 0 Å². The predicted octanol–water partition coefficient (Wildman–Crippen LogP) is 0.942. The molecule has 6 heteroatoms. The number of nitrogens with one attached hydrogen (secondary N) is 1. The van der Waals surface area contributed by atoms with Gasteiger partial charge in [-0.15, -0.1) is 0 Å². The molecule has 2 atom stereocenters. The molecule has 0 spiro atoms. The van der Waals surface area contributed by atoms with Crippen LogP contribution in [0.5, 0.6) is 0 Å². The molecule has 0 aliphatic carbocycles. The molecule has 3 rings (SSSR count). The topological polar surface area (TPSA) is 60.0 Å². The first-order valence-electron chi connectivity index (χ1n) is 9.13. The molecule has 2 unspecified atom stereocenters. The summed E-state index contributed by atoms with van der Waals surface area (Å²) in [4.78, 5) is 14.3. The van der Waals surface area contributed by atoms with Gasteiger partial charge in [-0.2, -0.15) is 0 Å². The third-order valence-electron chi connectivity index (χ3n) is 5.01. The van der Waals surface area contributed by atoms with Crippen molar-refractivity contribution in [1.82, 2.24) is 10.2 Å². The van der Waals surface area contributed by atoms with Crippen molar-refractivity contribution in [2.24, 2.45) is 0 Å². The van der Waals surface area contributed by atoms with E-state index in [-0.39, 0.29) is 24.2 Å². The van der Waals surface area contributed by atoms with Crippen LogP contribution in [0.1, 0.15) is 38.5 Å². The van der Waals surface area contributed by atoms with E-state index in [2.05, 4.69) is 5.32 Å². The Labute approximate surface area is 138 Å². The van der Waals surface area contributed by atoms with Gasteiger partial charge in [0.1, 0.15) is 0 Å². The second-order valence-electron chi connectivity index (χ2n) is 6.83. The first-order chi connectivity index (χ1) is 11.3. The molecule has 3 aliphatic heterocycles. The molecular weight excluding hydrogens is 296 g/mol. The number of ether oxygens (including phenoxy) is 3. The molecule has 3 aliphatic rings. The van der Waals surface area contributed by atoms with Gasteiger partial charge in [-0.25, -0.2) is 0 Å². The summed E-state index contributed by atoms with van der Waals surface area (Å²) in [5.74, 6) is 0.238. The van der Waals surface area contributed by atoms with E-state index in [0.717, 1.165) is 52.1 Å². The average molecular weight is 326 g/mol. The molecule has 132 valence electrons. The van der Waals surface area contributed by atoms with Gasteiger partial charge in [0, 0.05) is 38.7 Å². The number of carbonyl (C=O) groups is 1. The highest BCUT2D eigenvalue weighted by Crippen LogP contribution is 2.18. The highest BCUT2D eigenvalue weighted by Gasteiger charge is 2.26. The highest BCUT2D eigenvalue weighted by molar-refractivity contribution is 5.77. The van der Waals surface area contributed by atoms with Crippen molar-refractivity contribution < 1.29 is 19.0 Å². The van der Waals surface area contributed by atoms with Gasteiger partial charge in [0.15, 0.2) is 0 Å². The van der Waals surface area contributed by atoms with Crippen molar-refractivity contribution in [3.63, 3.8) is 0 Å². The molecular formula is C17H30N2O4. The van der Waals surface area contributed by atoms with Gasteiger partial charge in [-0.3, -0.25) is 4.79 Å². The van der Waals surface area contributed by atoms with E-state index >= 15 is 0 Å². The van der Waals surface area contributed by atoms with Crippen LogP contribution in [-0.4, -0.2) is 75.1 Å². The molecule has 0 aromatic carbocycles. The van der Waals surface area contributed by atoms with Gasteiger partial charge in [-0.1, -0.05) is 0 Å². The zero-order valence-electron chi connectivity index (χ0n) is 14.0. The Morgan fingerprint density at radius 2 is 2.04 bits per heavy atom. The summed E-state index contributed by atoms with van der Waals surface area (Å²) in [6.45, 7) is 5.44. The van der Waals surface area contributed by atoms with Crippen molar-refractivity contribution in [2.45, 2.75) is 56.8 Å². The van der Waals surface area contributed by atoms with Crippen LogP contribution in [0.3, 0.4) is 0 Å². The van der Waals surface area contributed by atoms with E-state index in [1.807, 2.05) is 4.90 Å². The fourth-order valence-electron chi connectivity index (χ4n) is 3.54. The summed E-state index contributed by atoms with van der Waals surface area (Å²) in [7, 11) is 0. The molecule has 3 fully saturated rings. The lowest BCUT2D eigenvalue weighted by molar-refractivity contribution is -0.136. The smallest absolute Gasteiger partial charge is 0.224 e. The standard InChI is InChI=1S/C17H30N2O4/c20-17(11-14-12-21-10-6-18-14)19-7-4-15(5-8-19)23-13-16-3-1-2-9-22-16/h14-16,18H,1-13H2. The Morgan fingerprint density at radius 3 is 2.74 bits per heavy atom. The van der Waals surface area contributed by atoms with E-state index in [1.165, 1.54) is 12.8 Å². The molecule has 0 bridgehead atoms. The molecule has 0 radical (unpaired) electrons. The summed E-state index contributed by atoms with van der Waals surface area (Å²) >= 11 is 0. The minimum atomic E-state index is 0.175. The zero-order valence-corrected chi connectivity index (χ0v) is 14.0. The summed E-state index contributed by atoms with van der Waals surface area (Å²) in [5, 5.41) is 3.34. The Bertz CT molecular complexity index is 360. The molecule has 23 heavy (non-hydrogen) atoms. The molecule has 3 saturated heterocycles. The van der Waals surface area contributed by atoms with E-state index < -0.39 is 0 Å². The lowest BCUT2D eigenvalue weighted by Gasteiger charge is -2.34. The van der Waals surface area contributed by atoms with Gasteiger partial charge in [0.25, 0.3) is 0 Å². The fraction of sp³-hybridized carbons (Fsp3) is 0.941. The number of likely N-dealkylation sites (tertiary alicyclic amines) is 1. The predicted molar refractivity (Wildman–Crippen MR) is 86.4 cm³/mol. The Morgan fingerprint density at radius 1 is 1.17 bits per heavy atom. The normalized spacial score (nSPS) is 30.3. The maximum Gasteiger partial charge on any atom is 0.224 e. The third kappa shape index (κ3) is 5.41. The van der Waals surface area contributed by atoms with Crippen molar-refractivity contribution >= 4 is 5.91 Å². The number of nitrogens with zero attached hydrogens (tertiary/aromatic N) is 1. The van der Waals surface area contributed by atoms with Crippen LogP contribution >= 0.6 is 0 Å². The number of hydrogen-bond acceptors (Lipinski definition) is 5. The van der Waals surface area contributed by atoms with Crippen LogP contribution in [-0.2, 0) is 19.0 Å². The molecule has 0 saturated carbocycles. The van der Waals surface area contributed by atoms with Crippen LogP contribution in [0.25, 0.3) is 0 Å². The number of morpholine rings is 1. The summed E-state index contributed by atoms with van der Waals surface area (Å²) < 4.78 is 17.1. The number of carbonyl (C=O) groups excluding carboxylic acids is 1. The van der Waals surface area contributed by atoms with Crippen LogP contribution < -0.4 is 5.32 Å². The zero-order chi connectivity index (χ0) is 15.9. The van der Waals surface area contributed by atoms with Crippen molar-refractivity contribution in [3.05, 3.63) is 0 Å². The molecule has 1 amide bonds. The maximum absolute atomic E-state index is 12.3. The van der Waals surface area contributed by atoms with E-state index in [1.54, 1.807) is 0 Å². The quantitative estimate of drug-likeness (QED) is 0.815. The monoisotopic (exact) mass is 326 g/mol. The maximum atomic E-state index is 12.3. The average Bonchev–Trinajstić information content (AvgIpc) is 2.62. The van der Waals surface area contributed by atoms with Crippen LogP contribution in [0, 0.1) is 0 Å². The summed E-state index contributed by atoms with van der Waals surface area (Å²) in [5.41, 5.74) is 0. The number of amides is 1. The number of rotatable bonds is 5. The van der Waals surface area contributed by atoms with Gasteiger partial charge in [0.2, 0.25) is 5.91 Å². The Hall–Kier alpha value is -0.690. The highest BCUT2D eigenvalue weighted by atomic mass is 16.5. The Balaban J connectivity index is 1.32. The van der Waals surface area contributed by atoms with Gasteiger partial charge < -0.3 is 24.4 Å². The molecule has 3 heterocycles. The number of hydrogen-bond donors (Lipinski definition) is 1. The van der Waals surface area contributed by atoms with Gasteiger partial charge in [0.05, 0.1) is 32.0 Å². The molecule has 6 nitrogen and oxygen atoms in total. The van der Waals surface area contributed by atoms with Crippen molar-refractivity contribution in [1.29, 1.82) is 0 Å². The van der Waals surface area contributed by atoms with E-state index in [4.69, 9.17) is 14.2 Å². The SMILES string of the molecule is O=C(CC1COCCN1)N1CCC(OCC2CCCCO2)CC1. The molecule has 0 aromatic rings. The minimum absolute atomic E-state index is 0.175. The number of piperidine rings is 1. The van der Waals surface area contributed by atoms with Crippen molar-refractivity contribution in [2.75, 3.05) is 46.1 Å². The summed E-state index contributed by atoms with van der Waals surface area (Å²) in [6.07, 6.45) is 6.52. The lowest BCUT2D eigenvalue weighted by atomic mass is 10.1. The Kier molecular flexibility index (Phi) is 6.68. The minimum Gasteiger partial charge on any atom is -0.378 e. The third-order valence-corrected chi connectivity index (χ3v) is 5.01. The lowest BCUT2D eigenvalue weighted by Crippen LogP contribution is -2.47. The second-order valence-corrected chi connectivity index (χ2v) is 6.83. The first-order valence-corrected chi connectivity index (χ1v) is 9.13. The van der Waals surface area contributed by atoms with Crippen LogP contribution in [0.2, 0.25) is 0 Å². The van der Waals surface area contributed by atoms with Crippen molar-refractivity contribution in [3.8, 4) is 0 Å². The fourth-order valence-corrected chi connectivity index (χ4v) is 3.54. The van der Waals surface area contributed by atoms with Crippen LogP contribution in [0.4, 0.5) is 0 Å².